The zero-order chi connectivity index (χ0) is 11.0. The maximum absolute atomic E-state index is 8.92. The third kappa shape index (κ3) is 1.19. The zero-order valence-electron chi connectivity index (χ0n) is 8.25. The molecule has 3 aliphatic heterocycles. The van der Waals surface area contributed by atoms with Crippen molar-refractivity contribution in [3.05, 3.63) is 42.5 Å². The Morgan fingerprint density at radius 2 is 2.00 bits per heavy atom. The fourth-order valence-electron chi connectivity index (χ4n) is 1.71. The van der Waals surface area contributed by atoms with E-state index in [0.29, 0.717) is 11.4 Å². The van der Waals surface area contributed by atoms with Gasteiger partial charge in [-0.05, 0) is 12.1 Å². The highest BCUT2D eigenvalue weighted by Gasteiger charge is 2.13. The van der Waals surface area contributed by atoms with Gasteiger partial charge < -0.3 is 0 Å². The van der Waals surface area contributed by atoms with Crippen LogP contribution in [0.5, 0.6) is 0 Å². The van der Waals surface area contributed by atoms with E-state index < -0.39 is 0 Å². The van der Waals surface area contributed by atoms with Crippen molar-refractivity contribution in [2.24, 2.45) is 0 Å². The SMILES string of the molecule is N#Cc1cnc2nccc-2c2cncc-2c1. The molecule has 0 saturated heterocycles. The van der Waals surface area contributed by atoms with Gasteiger partial charge in [0.1, 0.15) is 6.07 Å². The fourth-order valence-corrected chi connectivity index (χ4v) is 1.71. The minimum absolute atomic E-state index is 0.503. The molecule has 0 amide bonds. The van der Waals surface area contributed by atoms with Crippen LogP contribution in [0.15, 0.2) is 36.9 Å². The second-order valence-electron chi connectivity index (χ2n) is 3.43. The highest BCUT2D eigenvalue weighted by Crippen LogP contribution is 2.31. The Balaban J connectivity index is 2.42. The van der Waals surface area contributed by atoms with Gasteiger partial charge in [0, 0.05) is 41.5 Å². The quantitative estimate of drug-likeness (QED) is 0.564. The van der Waals surface area contributed by atoms with Crippen molar-refractivity contribution in [2.75, 3.05) is 0 Å². The summed E-state index contributed by atoms with van der Waals surface area (Å²) in [6, 6.07) is 5.76. The van der Waals surface area contributed by atoms with Gasteiger partial charge in [0.15, 0.2) is 5.82 Å². The van der Waals surface area contributed by atoms with Gasteiger partial charge in [-0.15, -0.1) is 0 Å². The molecular formula is C12H6N4. The summed E-state index contributed by atoms with van der Waals surface area (Å²) in [5, 5.41) is 8.92. The summed E-state index contributed by atoms with van der Waals surface area (Å²) in [5.41, 5.74) is 3.36. The maximum Gasteiger partial charge on any atom is 0.159 e. The van der Waals surface area contributed by atoms with Gasteiger partial charge in [-0.1, -0.05) is 0 Å². The van der Waals surface area contributed by atoms with Crippen LogP contribution in [0.1, 0.15) is 5.56 Å². The number of nitriles is 1. The van der Waals surface area contributed by atoms with E-state index >= 15 is 0 Å². The lowest BCUT2D eigenvalue weighted by Crippen LogP contribution is -1.85. The molecule has 0 atom stereocenters. The summed E-state index contributed by atoms with van der Waals surface area (Å²) in [6.07, 6.45) is 6.74. The summed E-state index contributed by atoms with van der Waals surface area (Å²) in [6.45, 7) is 0. The predicted molar refractivity (Wildman–Crippen MR) is 57.8 cm³/mol. The molecule has 0 N–H and O–H groups in total. The second-order valence-corrected chi connectivity index (χ2v) is 3.43. The molecule has 4 heteroatoms. The molecule has 0 spiro atoms. The molecule has 16 heavy (non-hydrogen) atoms. The smallest absolute Gasteiger partial charge is 0.159 e. The summed E-state index contributed by atoms with van der Waals surface area (Å²) in [7, 11) is 0. The Kier molecular flexibility index (Phi) is 1.77. The molecule has 4 nitrogen and oxygen atoms in total. The van der Waals surface area contributed by atoms with Crippen LogP contribution in [0.25, 0.3) is 22.5 Å². The van der Waals surface area contributed by atoms with Crippen LogP contribution >= 0.6 is 0 Å². The van der Waals surface area contributed by atoms with Gasteiger partial charge in [-0.25, -0.2) is 9.97 Å². The van der Waals surface area contributed by atoms with Crippen LogP contribution in [0, 0.1) is 11.3 Å². The van der Waals surface area contributed by atoms with Gasteiger partial charge in [0.2, 0.25) is 0 Å². The standard InChI is InChI=1S/C12H6N4/c13-4-8-3-9-6-14-7-11(9)10-1-2-15-12(10)16-5-8/h1-3,5-7H. The number of hydrogen-bond donors (Lipinski definition) is 0. The molecule has 0 bridgehead atoms. The topological polar surface area (TPSA) is 62.5 Å². The van der Waals surface area contributed by atoms with E-state index in [2.05, 4.69) is 21.0 Å². The summed E-state index contributed by atoms with van der Waals surface area (Å²) >= 11 is 0. The van der Waals surface area contributed by atoms with Crippen LogP contribution < -0.4 is 0 Å². The zero-order valence-corrected chi connectivity index (χ0v) is 8.25. The Morgan fingerprint density at radius 1 is 1.06 bits per heavy atom. The van der Waals surface area contributed by atoms with Gasteiger partial charge in [-0.2, -0.15) is 5.26 Å². The maximum atomic E-state index is 8.92. The van der Waals surface area contributed by atoms with Crippen molar-refractivity contribution >= 4 is 0 Å². The van der Waals surface area contributed by atoms with Gasteiger partial charge >= 0.3 is 0 Å². The fraction of sp³-hybridized carbons (Fsp3) is 0. The van der Waals surface area contributed by atoms with E-state index in [1.807, 2.05) is 6.07 Å². The molecule has 0 fully saturated rings. The number of rotatable bonds is 0. The highest BCUT2D eigenvalue weighted by molar-refractivity contribution is 5.81. The van der Waals surface area contributed by atoms with Gasteiger partial charge in [0.05, 0.1) is 5.56 Å². The van der Waals surface area contributed by atoms with E-state index in [1.54, 1.807) is 24.7 Å². The average Bonchev–Trinajstić information content (AvgIpc) is 2.88. The van der Waals surface area contributed by atoms with E-state index in [0.717, 1.165) is 16.7 Å². The summed E-state index contributed by atoms with van der Waals surface area (Å²) in [4.78, 5) is 12.4. The first-order valence-electron chi connectivity index (χ1n) is 4.77. The van der Waals surface area contributed by atoms with E-state index in [1.165, 1.54) is 6.20 Å². The van der Waals surface area contributed by atoms with E-state index in [9.17, 15) is 0 Å². The third-order valence-corrected chi connectivity index (χ3v) is 2.46. The Labute approximate surface area is 91.9 Å². The second kappa shape index (κ2) is 3.24. The van der Waals surface area contributed by atoms with Crippen molar-refractivity contribution in [3.63, 3.8) is 0 Å². The minimum Gasteiger partial charge on any atom is -0.263 e. The van der Waals surface area contributed by atoms with Crippen LogP contribution in [-0.4, -0.2) is 15.0 Å². The monoisotopic (exact) mass is 206 g/mol. The molecule has 0 aliphatic carbocycles. The first-order valence-corrected chi connectivity index (χ1v) is 4.77. The number of aromatic nitrogens is 3. The molecule has 74 valence electrons. The Morgan fingerprint density at radius 3 is 2.88 bits per heavy atom. The summed E-state index contributed by atoms with van der Waals surface area (Å²) in [5.74, 6) is 0.634. The highest BCUT2D eigenvalue weighted by atomic mass is 14.9. The summed E-state index contributed by atoms with van der Waals surface area (Å²) < 4.78 is 0. The predicted octanol–water partition coefficient (Wildman–Crippen LogP) is 1.95. The Bertz CT molecular complexity index is 641. The normalized spacial score (nSPS) is 10.4. The van der Waals surface area contributed by atoms with Crippen molar-refractivity contribution < 1.29 is 0 Å². The first kappa shape index (κ1) is 8.74. The van der Waals surface area contributed by atoms with Crippen molar-refractivity contribution in [2.45, 2.75) is 0 Å². The number of hydrogen-bond acceptors (Lipinski definition) is 4. The molecule has 3 heterocycles. The van der Waals surface area contributed by atoms with Crippen LogP contribution in [0.3, 0.4) is 0 Å². The number of nitrogens with zero attached hydrogens (tertiary/aromatic N) is 4. The lowest BCUT2D eigenvalue weighted by atomic mass is 10.1. The largest absolute Gasteiger partial charge is 0.263 e. The first-order chi connectivity index (χ1) is 7.88. The van der Waals surface area contributed by atoms with Crippen LogP contribution in [-0.2, 0) is 0 Å². The molecule has 0 aromatic rings. The lowest BCUT2D eigenvalue weighted by Gasteiger charge is -2.00. The molecule has 0 saturated carbocycles. The van der Waals surface area contributed by atoms with Crippen molar-refractivity contribution in [1.82, 2.24) is 15.0 Å². The molecule has 0 unspecified atom stereocenters. The molecule has 3 rings (SSSR count). The number of fused-ring (bicyclic) bond motifs is 3. The van der Waals surface area contributed by atoms with Crippen LogP contribution in [0.2, 0.25) is 0 Å². The van der Waals surface area contributed by atoms with E-state index in [-0.39, 0.29) is 0 Å². The van der Waals surface area contributed by atoms with Gasteiger partial charge in [0.25, 0.3) is 0 Å². The molecular weight excluding hydrogens is 200 g/mol. The lowest BCUT2D eigenvalue weighted by molar-refractivity contribution is 1.24. The average molecular weight is 206 g/mol. The van der Waals surface area contributed by atoms with E-state index in [4.69, 9.17) is 5.26 Å². The third-order valence-electron chi connectivity index (χ3n) is 2.46. The van der Waals surface area contributed by atoms with Crippen molar-refractivity contribution in [1.29, 1.82) is 5.26 Å². The Hall–Kier alpha value is -2.54. The van der Waals surface area contributed by atoms with Crippen molar-refractivity contribution in [3.8, 4) is 28.6 Å². The van der Waals surface area contributed by atoms with Gasteiger partial charge in [-0.3, -0.25) is 4.98 Å². The molecule has 0 aromatic carbocycles. The molecule has 0 radical (unpaired) electrons. The molecule has 3 aliphatic rings. The minimum atomic E-state index is 0.503. The molecule has 0 aromatic heterocycles. The van der Waals surface area contributed by atoms with Crippen LogP contribution in [0.4, 0.5) is 0 Å².